The van der Waals surface area contributed by atoms with Crippen molar-refractivity contribution in [2.75, 3.05) is 0 Å². The molecular formula is C17H12Cl2O8. The van der Waals surface area contributed by atoms with Crippen molar-refractivity contribution in [3.05, 3.63) is 68.2 Å². The molecule has 0 bridgehead atoms. The summed E-state index contributed by atoms with van der Waals surface area (Å²) in [6.07, 6.45) is 0. The first-order valence-corrected chi connectivity index (χ1v) is 7.74. The number of rotatable bonds is 4. The van der Waals surface area contributed by atoms with Gasteiger partial charge in [0.2, 0.25) is 0 Å². The van der Waals surface area contributed by atoms with Gasteiger partial charge in [-0.1, -0.05) is 23.2 Å². The lowest BCUT2D eigenvalue weighted by atomic mass is 10.1. The second-order valence-electron chi connectivity index (χ2n) is 5.06. The third-order valence-corrected chi connectivity index (χ3v) is 3.85. The van der Waals surface area contributed by atoms with E-state index in [0.29, 0.717) is 5.56 Å². The Morgan fingerprint density at radius 3 is 1.56 bits per heavy atom. The number of aromatic carboxylic acids is 4. The molecule has 10 heteroatoms. The molecule has 0 aliphatic carbocycles. The number of benzene rings is 2. The minimum Gasteiger partial charge on any atom is -0.478 e. The Hall–Kier alpha value is -3.10. The Balaban J connectivity index is 0.000000271. The van der Waals surface area contributed by atoms with Crippen molar-refractivity contribution < 1.29 is 39.6 Å². The van der Waals surface area contributed by atoms with E-state index in [1.165, 1.54) is 19.1 Å². The molecule has 0 unspecified atom stereocenters. The van der Waals surface area contributed by atoms with Crippen LogP contribution in [0.3, 0.4) is 0 Å². The molecule has 0 saturated carbocycles. The highest BCUT2D eigenvalue weighted by Crippen LogP contribution is 2.21. The number of carbonyl (C=O) groups is 4. The predicted octanol–water partition coefficient (Wildman–Crippen LogP) is 3.78. The standard InChI is InChI=1S/C9H7ClO4.C8H5ClO4/c1-4-2-6(9(13)14)7(10)3-5(4)8(11)12;9-6-3-4(7(10)11)1-2-5(6)8(12)13/h2-3H,1H3,(H,11,12)(H,13,14);1-3H,(H,10,11)(H,12,13). The molecule has 8 nitrogen and oxygen atoms in total. The molecule has 0 amide bonds. The lowest BCUT2D eigenvalue weighted by Gasteiger charge is -2.04. The van der Waals surface area contributed by atoms with Crippen LogP contribution in [0.2, 0.25) is 10.0 Å². The molecule has 0 saturated heterocycles. The highest BCUT2D eigenvalue weighted by atomic mass is 35.5. The van der Waals surface area contributed by atoms with Crippen LogP contribution in [0, 0.1) is 6.92 Å². The first-order chi connectivity index (χ1) is 12.5. The highest BCUT2D eigenvalue weighted by molar-refractivity contribution is 6.34. The van der Waals surface area contributed by atoms with Crippen molar-refractivity contribution in [1.29, 1.82) is 0 Å². The molecule has 2 aromatic rings. The van der Waals surface area contributed by atoms with E-state index >= 15 is 0 Å². The summed E-state index contributed by atoms with van der Waals surface area (Å²) in [5, 5.41) is 34.4. The Labute approximate surface area is 162 Å². The fraction of sp³-hybridized carbons (Fsp3) is 0.0588. The summed E-state index contributed by atoms with van der Waals surface area (Å²) in [6.45, 7) is 1.52. The summed E-state index contributed by atoms with van der Waals surface area (Å²) in [5.74, 6) is -4.61. The average Bonchev–Trinajstić information content (AvgIpc) is 2.56. The van der Waals surface area contributed by atoms with E-state index in [9.17, 15) is 19.2 Å². The molecule has 0 heterocycles. The zero-order valence-corrected chi connectivity index (χ0v) is 15.1. The van der Waals surface area contributed by atoms with Crippen LogP contribution in [-0.2, 0) is 0 Å². The summed E-state index contributed by atoms with van der Waals surface area (Å²) in [7, 11) is 0. The van der Waals surface area contributed by atoms with Crippen molar-refractivity contribution in [3.63, 3.8) is 0 Å². The van der Waals surface area contributed by atoms with Crippen molar-refractivity contribution in [3.8, 4) is 0 Å². The van der Waals surface area contributed by atoms with Gasteiger partial charge in [-0.05, 0) is 42.8 Å². The molecule has 0 radical (unpaired) electrons. The number of halogens is 2. The minimum absolute atomic E-state index is 0.0139. The van der Waals surface area contributed by atoms with Crippen LogP contribution in [0.1, 0.15) is 47.0 Å². The van der Waals surface area contributed by atoms with Crippen LogP contribution in [0.25, 0.3) is 0 Å². The average molecular weight is 415 g/mol. The second kappa shape index (κ2) is 9.02. The molecule has 2 rings (SSSR count). The van der Waals surface area contributed by atoms with Crippen molar-refractivity contribution >= 4 is 47.1 Å². The molecule has 0 atom stereocenters. The van der Waals surface area contributed by atoms with Crippen LogP contribution in [0.4, 0.5) is 0 Å². The van der Waals surface area contributed by atoms with E-state index in [-0.39, 0.29) is 32.3 Å². The van der Waals surface area contributed by atoms with Gasteiger partial charge in [0.25, 0.3) is 0 Å². The van der Waals surface area contributed by atoms with Gasteiger partial charge in [0.05, 0.1) is 32.3 Å². The Bertz CT molecular complexity index is 897. The van der Waals surface area contributed by atoms with Crippen LogP contribution < -0.4 is 0 Å². The highest BCUT2D eigenvalue weighted by Gasteiger charge is 2.15. The van der Waals surface area contributed by atoms with E-state index in [1.807, 2.05) is 0 Å². The lowest BCUT2D eigenvalue weighted by Crippen LogP contribution is -2.04. The van der Waals surface area contributed by atoms with Crippen molar-refractivity contribution in [1.82, 2.24) is 0 Å². The molecule has 0 spiro atoms. The summed E-state index contributed by atoms with van der Waals surface area (Å²) < 4.78 is 0. The Morgan fingerprint density at radius 1 is 0.667 bits per heavy atom. The van der Waals surface area contributed by atoms with Crippen LogP contribution >= 0.6 is 23.2 Å². The van der Waals surface area contributed by atoms with E-state index in [1.54, 1.807) is 0 Å². The normalized spacial score (nSPS) is 9.74. The van der Waals surface area contributed by atoms with E-state index in [0.717, 1.165) is 18.2 Å². The molecule has 4 N–H and O–H groups in total. The zero-order chi connectivity index (χ0) is 20.9. The van der Waals surface area contributed by atoms with Gasteiger partial charge in [-0.15, -0.1) is 0 Å². The quantitative estimate of drug-likeness (QED) is 0.589. The SMILES string of the molecule is Cc1cc(C(=O)O)c(Cl)cc1C(=O)O.O=C(O)c1ccc(C(=O)O)c(Cl)c1. The van der Waals surface area contributed by atoms with Gasteiger partial charge < -0.3 is 20.4 Å². The number of carboxylic acid groups (broad SMARTS) is 4. The fourth-order valence-corrected chi connectivity index (χ4v) is 2.40. The number of aryl methyl sites for hydroxylation is 1. The van der Waals surface area contributed by atoms with E-state index in [4.69, 9.17) is 43.6 Å². The molecule has 0 aliphatic rings. The third-order valence-electron chi connectivity index (χ3n) is 3.22. The molecule has 2 aromatic carbocycles. The third kappa shape index (κ3) is 5.70. The zero-order valence-electron chi connectivity index (χ0n) is 13.6. The number of hydrogen-bond acceptors (Lipinski definition) is 4. The lowest BCUT2D eigenvalue weighted by molar-refractivity contribution is 0.0680. The van der Waals surface area contributed by atoms with E-state index < -0.39 is 23.9 Å². The van der Waals surface area contributed by atoms with Crippen LogP contribution in [0.15, 0.2) is 30.3 Å². The van der Waals surface area contributed by atoms with Gasteiger partial charge in [0.1, 0.15) is 0 Å². The van der Waals surface area contributed by atoms with E-state index in [2.05, 4.69) is 0 Å². The molecule has 0 aromatic heterocycles. The maximum atomic E-state index is 10.6. The monoisotopic (exact) mass is 414 g/mol. The van der Waals surface area contributed by atoms with Gasteiger partial charge in [0.15, 0.2) is 0 Å². The van der Waals surface area contributed by atoms with Gasteiger partial charge >= 0.3 is 23.9 Å². The number of carboxylic acids is 4. The Kier molecular flexibility index (Phi) is 7.33. The van der Waals surface area contributed by atoms with Crippen molar-refractivity contribution in [2.24, 2.45) is 0 Å². The van der Waals surface area contributed by atoms with Gasteiger partial charge in [-0.3, -0.25) is 0 Å². The van der Waals surface area contributed by atoms with Crippen LogP contribution in [0.5, 0.6) is 0 Å². The summed E-state index contributed by atoms with van der Waals surface area (Å²) in [4.78, 5) is 42.2. The topological polar surface area (TPSA) is 149 Å². The maximum Gasteiger partial charge on any atom is 0.337 e. The summed E-state index contributed by atoms with van der Waals surface area (Å²) in [6, 6.07) is 5.84. The Morgan fingerprint density at radius 2 is 1.15 bits per heavy atom. The van der Waals surface area contributed by atoms with Gasteiger partial charge in [-0.2, -0.15) is 0 Å². The molecule has 142 valence electrons. The van der Waals surface area contributed by atoms with Gasteiger partial charge in [-0.25, -0.2) is 19.2 Å². The second-order valence-corrected chi connectivity index (χ2v) is 5.88. The van der Waals surface area contributed by atoms with Crippen LogP contribution in [-0.4, -0.2) is 44.3 Å². The largest absolute Gasteiger partial charge is 0.478 e. The fourth-order valence-electron chi connectivity index (χ4n) is 1.90. The molecule has 0 aliphatic heterocycles. The first-order valence-electron chi connectivity index (χ1n) is 6.98. The summed E-state index contributed by atoms with van der Waals surface area (Å²) >= 11 is 11.1. The summed E-state index contributed by atoms with van der Waals surface area (Å²) in [5.41, 5.74) is 0.162. The molecule has 27 heavy (non-hydrogen) atoms. The first kappa shape index (κ1) is 21.9. The minimum atomic E-state index is -1.18. The van der Waals surface area contributed by atoms with Crippen molar-refractivity contribution in [2.45, 2.75) is 6.92 Å². The van der Waals surface area contributed by atoms with Gasteiger partial charge in [0, 0.05) is 0 Å². The maximum absolute atomic E-state index is 10.6. The molecular weight excluding hydrogens is 403 g/mol. The smallest absolute Gasteiger partial charge is 0.337 e. The predicted molar refractivity (Wildman–Crippen MR) is 95.5 cm³/mol. The number of hydrogen-bond donors (Lipinski definition) is 4. The molecule has 0 fully saturated rings.